The van der Waals surface area contributed by atoms with Crippen molar-refractivity contribution in [3.05, 3.63) is 0 Å². The van der Waals surface area contributed by atoms with Crippen molar-refractivity contribution in [1.29, 1.82) is 0 Å². The molecule has 8 heavy (non-hydrogen) atoms. The average molecular weight is 195 g/mol. The minimum atomic E-state index is -4.67. The monoisotopic (exact) mass is 195 g/mol. The molecule has 1 radical (unpaired) electrons. The van der Waals surface area contributed by atoms with E-state index in [-0.39, 0.29) is 45.6 Å². The molecule has 0 aliphatic heterocycles. The maximum Gasteiger partial charge on any atom is 0 e. The standard InChI is InChI=1S/Mg.Mn.H2O4S.H2O.H/c;;1-5(2,3)4;;/h;;(H2,1,2,3,4);1H2;/q+1;;;;/p-1. The summed E-state index contributed by atoms with van der Waals surface area (Å²) >= 11 is 0. The van der Waals surface area contributed by atoms with E-state index in [1.54, 1.807) is 0 Å². The quantitative estimate of drug-likeness (QED) is 0.362. The van der Waals surface area contributed by atoms with Crippen LogP contribution in [-0.4, -0.2) is 46.1 Å². The van der Waals surface area contributed by atoms with Gasteiger partial charge in [-0.1, -0.05) is 0 Å². The Kier molecular flexibility index (Phi) is 23.3. The van der Waals surface area contributed by atoms with Gasteiger partial charge in [-0.05, 0) is 0 Å². The van der Waals surface area contributed by atoms with Crippen LogP contribution in [0.1, 0.15) is 0 Å². The third-order valence-corrected chi connectivity index (χ3v) is 0. The normalized spacial score (nSPS) is 7.25. The van der Waals surface area contributed by atoms with Gasteiger partial charge in [0.15, 0.2) is 0 Å². The van der Waals surface area contributed by atoms with Gasteiger partial charge in [0.25, 0.3) is 0 Å². The SMILES string of the molecule is O=S(=O)(O)O.[MgH+].[Mn].[OH-]. The Morgan fingerprint density at radius 2 is 1.12 bits per heavy atom. The Bertz CT molecular complexity index is 95.6. The molecular formula is H4MgMnO5S. The van der Waals surface area contributed by atoms with Crippen LogP contribution in [0.3, 0.4) is 0 Å². The van der Waals surface area contributed by atoms with Crippen molar-refractivity contribution < 1.29 is 40.1 Å². The average Bonchev–Trinajstić information content (AvgIpc) is 0.722. The van der Waals surface area contributed by atoms with E-state index in [9.17, 15) is 0 Å². The Morgan fingerprint density at radius 1 is 1.12 bits per heavy atom. The molecule has 0 rings (SSSR count). The fraction of sp³-hybridized carbons (Fsp3) is 0. The van der Waals surface area contributed by atoms with Crippen molar-refractivity contribution >= 4 is 33.5 Å². The summed E-state index contributed by atoms with van der Waals surface area (Å²) in [4.78, 5) is 0. The molecule has 0 amide bonds. The maximum absolute atomic E-state index is 8.74. The van der Waals surface area contributed by atoms with Crippen LogP contribution in [0.4, 0.5) is 0 Å². The largest absolute Gasteiger partial charge is 0.870 e. The minimum absolute atomic E-state index is 0. The zero-order valence-electron chi connectivity index (χ0n) is 3.94. The first-order valence-electron chi connectivity index (χ1n) is 0.698. The molecule has 5 nitrogen and oxygen atoms in total. The van der Waals surface area contributed by atoms with Crippen LogP contribution in [0.2, 0.25) is 0 Å². The molecule has 0 unspecified atom stereocenters. The van der Waals surface area contributed by atoms with Crippen LogP contribution in [-0.2, 0) is 27.5 Å². The first-order chi connectivity index (χ1) is 2.00. The van der Waals surface area contributed by atoms with Crippen LogP contribution in [0.5, 0.6) is 0 Å². The van der Waals surface area contributed by atoms with Crippen molar-refractivity contribution in [3.8, 4) is 0 Å². The van der Waals surface area contributed by atoms with Gasteiger partial charge in [0.1, 0.15) is 0 Å². The van der Waals surface area contributed by atoms with Gasteiger partial charge in [0.2, 0.25) is 0 Å². The molecule has 0 aromatic carbocycles. The van der Waals surface area contributed by atoms with Gasteiger partial charge in [0, 0.05) is 17.1 Å². The van der Waals surface area contributed by atoms with Crippen LogP contribution in [0.25, 0.3) is 0 Å². The molecule has 0 fully saturated rings. The summed E-state index contributed by atoms with van der Waals surface area (Å²) in [6, 6.07) is 0. The van der Waals surface area contributed by atoms with E-state index in [0.717, 1.165) is 0 Å². The van der Waals surface area contributed by atoms with Crippen molar-refractivity contribution in [2.45, 2.75) is 0 Å². The Hall–Kier alpha value is 1.12. The minimum Gasteiger partial charge on any atom is -0.870 e. The second kappa shape index (κ2) is 8.12. The third kappa shape index (κ3) is 214. The zero-order chi connectivity index (χ0) is 4.50. The molecule has 0 saturated heterocycles. The Morgan fingerprint density at radius 3 is 1.12 bits per heavy atom. The molecule has 0 spiro atoms. The van der Waals surface area contributed by atoms with E-state index in [0.29, 0.717) is 0 Å². The summed E-state index contributed by atoms with van der Waals surface area (Å²) in [5.41, 5.74) is 0. The number of hydrogen-bond acceptors (Lipinski definition) is 3. The summed E-state index contributed by atoms with van der Waals surface area (Å²) in [7, 11) is -4.67. The Labute approximate surface area is 73.4 Å². The molecule has 0 aliphatic rings. The molecule has 8 heteroatoms. The van der Waals surface area contributed by atoms with Crippen LogP contribution < -0.4 is 0 Å². The topological polar surface area (TPSA) is 105 Å². The van der Waals surface area contributed by atoms with Gasteiger partial charge < -0.3 is 5.48 Å². The Balaban J connectivity index is -0.0000000267. The van der Waals surface area contributed by atoms with Gasteiger partial charge in [-0.2, -0.15) is 8.42 Å². The summed E-state index contributed by atoms with van der Waals surface area (Å²) in [6.07, 6.45) is 0. The molecule has 0 bridgehead atoms. The molecule has 3 N–H and O–H groups in total. The van der Waals surface area contributed by atoms with Crippen LogP contribution in [0, 0.1) is 0 Å². The molecule has 0 saturated carbocycles. The first-order valence-corrected chi connectivity index (χ1v) is 2.10. The predicted octanol–water partition coefficient (Wildman–Crippen LogP) is -1.48. The van der Waals surface area contributed by atoms with E-state index in [4.69, 9.17) is 17.5 Å². The van der Waals surface area contributed by atoms with Crippen LogP contribution in [0.15, 0.2) is 0 Å². The summed E-state index contributed by atoms with van der Waals surface area (Å²) in [5.74, 6) is 0. The van der Waals surface area contributed by atoms with Crippen molar-refractivity contribution in [1.82, 2.24) is 0 Å². The van der Waals surface area contributed by atoms with E-state index in [2.05, 4.69) is 0 Å². The van der Waals surface area contributed by atoms with Crippen molar-refractivity contribution in [2.75, 3.05) is 0 Å². The maximum atomic E-state index is 8.74. The molecule has 0 heterocycles. The molecule has 0 aromatic heterocycles. The molecule has 0 aliphatic carbocycles. The van der Waals surface area contributed by atoms with Crippen LogP contribution >= 0.6 is 0 Å². The van der Waals surface area contributed by atoms with Crippen molar-refractivity contribution in [3.63, 3.8) is 0 Å². The smallest absolute Gasteiger partial charge is 0 e. The number of rotatable bonds is 0. The third-order valence-electron chi connectivity index (χ3n) is 0. The van der Waals surface area contributed by atoms with Crippen molar-refractivity contribution in [2.24, 2.45) is 0 Å². The fourth-order valence-electron chi connectivity index (χ4n) is 0. The van der Waals surface area contributed by atoms with E-state index in [1.165, 1.54) is 0 Å². The molecule has 49 valence electrons. The predicted molar refractivity (Wildman–Crippen MR) is 23.3 cm³/mol. The molecule has 0 atom stereocenters. The zero-order valence-corrected chi connectivity index (χ0v) is 7.94. The van der Waals surface area contributed by atoms with E-state index in [1.807, 2.05) is 0 Å². The second-order valence-electron chi connectivity index (χ2n) is 0.448. The van der Waals surface area contributed by atoms with Gasteiger partial charge >= 0.3 is 33.5 Å². The summed E-state index contributed by atoms with van der Waals surface area (Å²) < 4.78 is 31.6. The first kappa shape index (κ1) is 22.9. The second-order valence-corrected chi connectivity index (χ2v) is 1.34. The summed E-state index contributed by atoms with van der Waals surface area (Å²) in [5, 5.41) is 0. The van der Waals surface area contributed by atoms with Gasteiger partial charge in [-0.15, -0.1) is 0 Å². The molecular weight excluding hydrogens is 191 g/mol. The fourth-order valence-corrected chi connectivity index (χ4v) is 0. The number of hydrogen-bond donors (Lipinski definition) is 2. The molecule has 0 aromatic rings. The van der Waals surface area contributed by atoms with E-state index >= 15 is 0 Å². The van der Waals surface area contributed by atoms with E-state index < -0.39 is 10.4 Å². The summed E-state index contributed by atoms with van der Waals surface area (Å²) in [6.45, 7) is 0. The van der Waals surface area contributed by atoms with Gasteiger partial charge in [0.05, 0.1) is 0 Å². The van der Waals surface area contributed by atoms with Gasteiger partial charge in [-0.3, -0.25) is 9.11 Å². The van der Waals surface area contributed by atoms with Gasteiger partial charge in [-0.25, -0.2) is 0 Å².